The number of rotatable bonds is 9. The number of nitrogens with zero attached hydrogens (tertiary/aromatic N) is 1. The van der Waals surface area contributed by atoms with E-state index in [1.54, 1.807) is 7.11 Å². The molecule has 1 unspecified atom stereocenters. The van der Waals surface area contributed by atoms with Gasteiger partial charge in [-0.25, -0.2) is 0 Å². The third kappa shape index (κ3) is 5.68. The van der Waals surface area contributed by atoms with Gasteiger partial charge in [0.05, 0.1) is 7.11 Å². The van der Waals surface area contributed by atoms with E-state index >= 15 is 0 Å². The lowest BCUT2D eigenvalue weighted by atomic mass is 10.0. The lowest BCUT2D eigenvalue weighted by Crippen LogP contribution is -2.42. The van der Waals surface area contributed by atoms with E-state index < -0.39 is 0 Å². The molecule has 0 amide bonds. The van der Waals surface area contributed by atoms with Gasteiger partial charge < -0.3 is 10.1 Å². The average molecular weight is 292 g/mol. The average Bonchev–Trinajstić information content (AvgIpc) is 2.47. The summed E-state index contributed by atoms with van der Waals surface area (Å²) in [6.07, 6.45) is 1.09. The van der Waals surface area contributed by atoms with Crippen molar-refractivity contribution in [2.24, 2.45) is 0 Å². The van der Waals surface area contributed by atoms with Gasteiger partial charge in [-0.3, -0.25) is 4.90 Å². The molecular formula is C18H32N2O. The lowest BCUT2D eigenvalue weighted by Gasteiger charge is -2.31. The Balaban J connectivity index is 2.53. The topological polar surface area (TPSA) is 24.5 Å². The van der Waals surface area contributed by atoms with Gasteiger partial charge in [0, 0.05) is 31.2 Å². The summed E-state index contributed by atoms with van der Waals surface area (Å²) in [4.78, 5) is 2.52. The summed E-state index contributed by atoms with van der Waals surface area (Å²) in [7, 11) is 1.71. The fourth-order valence-electron chi connectivity index (χ4n) is 2.81. The second-order valence-electron chi connectivity index (χ2n) is 6.11. The van der Waals surface area contributed by atoms with Gasteiger partial charge >= 0.3 is 0 Å². The number of nitrogens with one attached hydrogen (secondary N) is 1. The summed E-state index contributed by atoms with van der Waals surface area (Å²) in [6, 6.07) is 9.98. The highest BCUT2D eigenvalue weighted by atomic mass is 16.5. The normalized spacial score (nSPS) is 13.2. The molecule has 1 N–H and O–H groups in total. The van der Waals surface area contributed by atoms with Crippen LogP contribution >= 0.6 is 0 Å². The molecule has 0 aliphatic heterocycles. The maximum Gasteiger partial charge on any atom is 0.118 e. The van der Waals surface area contributed by atoms with E-state index in [9.17, 15) is 0 Å². The minimum atomic E-state index is 0.414. The van der Waals surface area contributed by atoms with Crippen molar-refractivity contribution in [1.29, 1.82) is 0 Å². The van der Waals surface area contributed by atoms with Crippen molar-refractivity contribution < 1.29 is 4.74 Å². The molecule has 0 saturated carbocycles. The highest BCUT2D eigenvalue weighted by Crippen LogP contribution is 2.20. The second-order valence-corrected chi connectivity index (χ2v) is 6.11. The Hall–Kier alpha value is -1.06. The highest BCUT2D eigenvalue weighted by Gasteiger charge is 2.14. The van der Waals surface area contributed by atoms with Crippen LogP contribution in [0.1, 0.15) is 52.6 Å². The van der Waals surface area contributed by atoms with Gasteiger partial charge in [-0.15, -0.1) is 0 Å². The van der Waals surface area contributed by atoms with Crippen molar-refractivity contribution in [3.63, 3.8) is 0 Å². The quantitative estimate of drug-likeness (QED) is 0.748. The Bertz CT molecular complexity index is 379. The molecule has 1 atom stereocenters. The summed E-state index contributed by atoms with van der Waals surface area (Å²) < 4.78 is 5.22. The predicted octanol–water partition coefficient (Wildman–Crippen LogP) is 3.85. The molecule has 1 rings (SSSR count). The lowest BCUT2D eigenvalue weighted by molar-refractivity contribution is 0.173. The fourth-order valence-corrected chi connectivity index (χ4v) is 2.81. The molecule has 0 aliphatic carbocycles. The zero-order chi connectivity index (χ0) is 15.8. The number of methoxy groups -OCH3 is 1. The van der Waals surface area contributed by atoms with Crippen LogP contribution in [0, 0.1) is 0 Å². The molecule has 0 radical (unpaired) electrons. The van der Waals surface area contributed by atoms with Gasteiger partial charge in [0.25, 0.3) is 0 Å². The van der Waals surface area contributed by atoms with Crippen LogP contribution in [0.3, 0.4) is 0 Å². The summed E-state index contributed by atoms with van der Waals surface area (Å²) in [5.41, 5.74) is 1.33. The Morgan fingerprint density at radius 1 is 1.05 bits per heavy atom. The number of benzene rings is 1. The number of hydrogen-bond acceptors (Lipinski definition) is 3. The summed E-state index contributed by atoms with van der Waals surface area (Å²) in [5, 5.41) is 3.68. The van der Waals surface area contributed by atoms with Crippen LogP contribution in [-0.2, 0) is 0 Å². The second kappa shape index (κ2) is 9.06. The smallest absolute Gasteiger partial charge is 0.118 e. The third-order valence-electron chi connectivity index (χ3n) is 4.01. The third-order valence-corrected chi connectivity index (χ3v) is 4.01. The molecule has 0 saturated heterocycles. The maximum absolute atomic E-state index is 5.22. The zero-order valence-electron chi connectivity index (χ0n) is 14.5. The van der Waals surface area contributed by atoms with Gasteiger partial charge in [-0.05, 0) is 51.8 Å². The monoisotopic (exact) mass is 292 g/mol. The van der Waals surface area contributed by atoms with Crippen molar-refractivity contribution in [1.82, 2.24) is 10.2 Å². The highest BCUT2D eigenvalue weighted by molar-refractivity contribution is 5.29. The van der Waals surface area contributed by atoms with Crippen LogP contribution in [0.5, 0.6) is 5.75 Å². The molecule has 0 aromatic heterocycles. The molecule has 0 spiro atoms. The van der Waals surface area contributed by atoms with Crippen LogP contribution in [0.25, 0.3) is 0 Å². The predicted molar refractivity (Wildman–Crippen MR) is 91.0 cm³/mol. The first-order chi connectivity index (χ1) is 9.99. The van der Waals surface area contributed by atoms with Gasteiger partial charge in [-0.1, -0.05) is 19.1 Å². The van der Waals surface area contributed by atoms with E-state index in [2.05, 4.69) is 57.0 Å². The molecule has 21 heavy (non-hydrogen) atoms. The molecule has 0 bridgehead atoms. The molecule has 3 nitrogen and oxygen atoms in total. The van der Waals surface area contributed by atoms with Crippen LogP contribution in [0.15, 0.2) is 24.3 Å². The molecule has 0 fully saturated rings. The van der Waals surface area contributed by atoms with Crippen molar-refractivity contribution in [3.8, 4) is 5.75 Å². The van der Waals surface area contributed by atoms with Crippen molar-refractivity contribution in [2.45, 2.75) is 59.2 Å². The Morgan fingerprint density at radius 3 is 2.05 bits per heavy atom. The maximum atomic E-state index is 5.22. The van der Waals surface area contributed by atoms with Gasteiger partial charge in [0.1, 0.15) is 5.75 Å². The molecule has 0 aliphatic rings. The van der Waals surface area contributed by atoms with Crippen molar-refractivity contribution in [2.75, 3.05) is 20.2 Å². The van der Waals surface area contributed by atoms with Crippen molar-refractivity contribution in [3.05, 3.63) is 29.8 Å². The van der Waals surface area contributed by atoms with E-state index in [-0.39, 0.29) is 0 Å². The first-order valence-corrected chi connectivity index (χ1v) is 8.12. The van der Waals surface area contributed by atoms with Crippen LogP contribution in [0.4, 0.5) is 0 Å². The summed E-state index contributed by atoms with van der Waals surface area (Å²) in [6.45, 7) is 13.4. The zero-order valence-corrected chi connectivity index (χ0v) is 14.5. The van der Waals surface area contributed by atoms with Crippen LogP contribution < -0.4 is 10.1 Å². The molecule has 1 aromatic carbocycles. The molecule has 0 heterocycles. The SMILES string of the molecule is CCC(NCCN(C(C)C)C(C)C)c1ccc(OC)cc1. The minimum absolute atomic E-state index is 0.414. The Kier molecular flexibility index (Phi) is 7.76. The molecule has 120 valence electrons. The van der Waals surface area contributed by atoms with E-state index in [1.807, 2.05) is 12.1 Å². The fraction of sp³-hybridized carbons (Fsp3) is 0.667. The minimum Gasteiger partial charge on any atom is -0.497 e. The van der Waals surface area contributed by atoms with Crippen LogP contribution in [0.2, 0.25) is 0 Å². The summed E-state index contributed by atoms with van der Waals surface area (Å²) >= 11 is 0. The first-order valence-electron chi connectivity index (χ1n) is 8.12. The first kappa shape index (κ1) is 18.0. The number of ether oxygens (including phenoxy) is 1. The molecule has 3 heteroatoms. The van der Waals surface area contributed by atoms with E-state index in [1.165, 1.54) is 5.56 Å². The summed E-state index contributed by atoms with van der Waals surface area (Å²) in [5.74, 6) is 0.916. The van der Waals surface area contributed by atoms with Gasteiger partial charge in [-0.2, -0.15) is 0 Å². The van der Waals surface area contributed by atoms with Crippen LogP contribution in [-0.4, -0.2) is 37.2 Å². The Morgan fingerprint density at radius 2 is 1.62 bits per heavy atom. The largest absolute Gasteiger partial charge is 0.497 e. The standard InChI is InChI=1S/C18H32N2O/c1-7-18(16-8-10-17(21-6)11-9-16)19-12-13-20(14(2)3)15(4)5/h8-11,14-15,18-19H,7,12-13H2,1-6H3. The van der Waals surface area contributed by atoms with Gasteiger partial charge in [0.15, 0.2) is 0 Å². The van der Waals surface area contributed by atoms with E-state index in [0.717, 1.165) is 25.3 Å². The van der Waals surface area contributed by atoms with Gasteiger partial charge in [0.2, 0.25) is 0 Å². The van der Waals surface area contributed by atoms with Crippen molar-refractivity contribution >= 4 is 0 Å². The number of hydrogen-bond donors (Lipinski definition) is 1. The molecule has 1 aromatic rings. The Labute approximate surface area is 130 Å². The van der Waals surface area contributed by atoms with E-state index in [4.69, 9.17) is 4.74 Å². The molecular weight excluding hydrogens is 260 g/mol. The van der Waals surface area contributed by atoms with E-state index in [0.29, 0.717) is 18.1 Å².